The summed E-state index contributed by atoms with van der Waals surface area (Å²) in [5.74, 6) is 0.726. The molecule has 26 heavy (non-hydrogen) atoms. The van der Waals surface area contributed by atoms with Crippen LogP contribution in [0.1, 0.15) is 12.8 Å². The smallest absolute Gasteiger partial charge is 0.265 e. The summed E-state index contributed by atoms with van der Waals surface area (Å²) in [5, 5.41) is 0. The second-order valence-corrected chi connectivity index (χ2v) is 7.47. The molecule has 1 heterocycles. The maximum atomic E-state index is 12.9. The number of rotatable bonds is 6. The van der Waals surface area contributed by atoms with E-state index in [1.165, 1.54) is 20.3 Å². The van der Waals surface area contributed by atoms with E-state index in [-0.39, 0.29) is 16.6 Å². The van der Waals surface area contributed by atoms with Gasteiger partial charge in [-0.1, -0.05) is 6.07 Å². The van der Waals surface area contributed by atoms with E-state index in [2.05, 4.69) is 4.72 Å². The van der Waals surface area contributed by atoms with Crippen LogP contribution in [0.2, 0.25) is 0 Å². The van der Waals surface area contributed by atoms with Crippen molar-refractivity contribution in [2.45, 2.75) is 17.7 Å². The Labute approximate surface area is 152 Å². The number of hydrogen-bond donors (Lipinski definition) is 1. The van der Waals surface area contributed by atoms with Crippen molar-refractivity contribution in [1.29, 1.82) is 0 Å². The van der Waals surface area contributed by atoms with Crippen molar-refractivity contribution in [1.82, 2.24) is 0 Å². The van der Waals surface area contributed by atoms with Crippen LogP contribution in [0.25, 0.3) is 0 Å². The van der Waals surface area contributed by atoms with Gasteiger partial charge < -0.3 is 14.4 Å². The molecular formula is C18H20N2O5S. The number of methoxy groups -OCH3 is 2. The Morgan fingerprint density at radius 2 is 1.88 bits per heavy atom. The first-order valence-electron chi connectivity index (χ1n) is 8.10. The fourth-order valence-electron chi connectivity index (χ4n) is 2.86. The maximum absolute atomic E-state index is 12.9. The number of ether oxygens (including phenoxy) is 2. The van der Waals surface area contributed by atoms with E-state index in [1.54, 1.807) is 41.3 Å². The van der Waals surface area contributed by atoms with E-state index in [4.69, 9.17) is 9.47 Å². The topological polar surface area (TPSA) is 84.9 Å². The van der Waals surface area contributed by atoms with Crippen LogP contribution in [-0.2, 0) is 14.8 Å². The largest absolute Gasteiger partial charge is 0.497 e. The van der Waals surface area contributed by atoms with Crippen LogP contribution in [0, 0.1) is 0 Å². The van der Waals surface area contributed by atoms with Crippen molar-refractivity contribution in [3.63, 3.8) is 0 Å². The predicted octanol–water partition coefficient (Wildman–Crippen LogP) is 2.63. The molecule has 1 aliphatic rings. The second-order valence-electron chi connectivity index (χ2n) is 5.82. The molecular weight excluding hydrogens is 356 g/mol. The molecule has 2 aromatic rings. The van der Waals surface area contributed by atoms with E-state index in [0.717, 1.165) is 6.42 Å². The highest BCUT2D eigenvalue weighted by atomic mass is 32.2. The summed E-state index contributed by atoms with van der Waals surface area (Å²) >= 11 is 0. The zero-order valence-electron chi connectivity index (χ0n) is 14.6. The Hall–Kier alpha value is -2.74. The summed E-state index contributed by atoms with van der Waals surface area (Å²) in [5.41, 5.74) is 0.911. The number of nitrogens with one attached hydrogen (secondary N) is 1. The summed E-state index contributed by atoms with van der Waals surface area (Å²) in [7, 11) is -1.01. The number of sulfonamides is 1. The number of carbonyl (C=O) groups is 1. The van der Waals surface area contributed by atoms with Gasteiger partial charge in [0.05, 0.1) is 19.9 Å². The van der Waals surface area contributed by atoms with E-state index >= 15 is 0 Å². The van der Waals surface area contributed by atoms with Gasteiger partial charge in [0.25, 0.3) is 10.0 Å². The third kappa shape index (κ3) is 3.60. The summed E-state index contributed by atoms with van der Waals surface area (Å²) in [6.45, 7) is 0.577. The molecule has 1 N–H and O–H groups in total. The molecule has 8 heteroatoms. The van der Waals surface area contributed by atoms with Gasteiger partial charge in [0.1, 0.15) is 16.4 Å². The first kappa shape index (κ1) is 18.1. The fourth-order valence-corrected chi connectivity index (χ4v) is 4.10. The zero-order valence-corrected chi connectivity index (χ0v) is 15.4. The molecule has 0 aromatic heterocycles. The lowest BCUT2D eigenvalue weighted by Crippen LogP contribution is -2.24. The fraction of sp³-hybridized carbons (Fsp3) is 0.278. The third-order valence-electron chi connectivity index (χ3n) is 4.14. The first-order chi connectivity index (χ1) is 12.4. The molecule has 0 saturated carbocycles. The van der Waals surface area contributed by atoms with Crippen LogP contribution in [-0.4, -0.2) is 35.1 Å². The number of anilines is 2. The van der Waals surface area contributed by atoms with E-state index in [1.807, 2.05) is 0 Å². The van der Waals surface area contributed by atoms with Gasteiger partial charge >= 0.3 is 0 Å². The molecule has 1 fully saturated rings. The van der Waals surface area contributed by atoms with E-state index < -0.39 is 10.0 Å². The van der Waals surface area contributed by atoms with Crippen molar-refractivity contribution in [3.8, 4) is 11.5 Å². The molecule has 3 rings (SSSR count). The van der Waals surface area contributed by atoms with Crippen molar-refractivity contribution >= 4 is 27.3 Å². The average Bonchev–Trinajstić information content (AvgIpc) is 3.07. The predicted molar refractivity (Wildman–Crippen MR) is 98.4 cm³/mol. The van der Waals surface area contributed by atoms with Gasteiger partial charge in [-0.3, -0.25) is 9.52 Å². The van der Waals surface area contributed by atoms with Crippen LogP contribution in [0.3, 0.4) is 0 Å². The molecule has 1 amide bonds. The first-order valence-corrected chi connectivity index (χ1v) is 9.58. The Morgan fingerprint density at radius 3 is 2.54 bits per heavy atom. The van der Waals surface area contributed by atoms with Gasteiger partial charge in [-0.15, -0.1) is 0 Å². The Morgan fingerprint density at radius 1 is 1.08 bits per heavy atom. The summed E-state index contributed by atoms with van der Waals surface area (Å²) < 4.78 is 38.6. The Bertz CT molecular complexity index is 927. The monoisotopic (exact) mass is 376 g/mol. The van der Waals surface area contributed by atoms with Crippen LogP contribution in [0.15, 0.2) is 47.4 Å². The lowest BCUT2D eigenvalue weighted by Gasteiger charge is -2.18. The second kappa shape index (κ2) is 7.25. The molecule has 0 radical (unpaired) electrons. The molecule has 7 nitrogen and oxygen atoms in total. The van der Waals surface area contributed by atoms with Gasteiger partial charge in [0.15, 0.2) is 0 Å². The minimum absolute atomic E-state index is 0.0146. The Kier molecular flexibility index (Phi) is 5.03. The standard InChI is InChI=1S/C18H20N2O5S/c1-24-15-6-3-5-13(11-15)19-26(22,23)17-12-14(8-9-16(17)25-2)20-10-4-7-18(20)21/h3,5-6,8-9,11-12,19H,4,7,10H2,1-2H3. The van der Waals surface area contributed by atoms with Crippen LogP contribution in [0.5, 0.6) is 11.5 Å². The lowest BCUT2D eigenvalue weighted by atomic mass is 10.3. The summed E-state index contributed by atoms with van der Waals surface area (Å²) in [6.07, 6.45) is 1.23. The van der Waals surface area contributed by atoms with Crippen LogP contribution >= 0.6 is 0 Å². The number of nitrogens with zero attached hydrogens (tertiary/aromatic N) is 1. The zero-order chi connectivity index (χ0) is 18.7. The SMILES string of the molecule is COc1cccc(NS(=O)(=O)c2cc(N3CCCC3=O)ccc2OC)c1. The lowest BCUT2D eigenvalue weighted by molar-refractivity contribution is -0.117. The van der Waals surface area contributed by atoms with Crippen molar-refractivity contribution in [2.24, 2.45) is 0 Å². The molecule has 0 aliphatic carbocycles. The minimum Gasteiger partial charge on any atom is -0.497 e. The van der Waals surface area contributed by atoms with Crippen LogP contribution < -0.4 is 19.1 Å². The van der Waals surface area contributed by atoms with Gasteiger partial charge in [-0.25, -0.2) is 8.42 Å². The van der Waals surface area contributed by atoms with Crippen LogP contribution in [0.4, 0.5) is 11.4 Å². The van der Waals surface area contributed by atoms with Gasteiger partial charge in [-0.05, 0) is 36.8 Å². The van der Waals surface area contributed by atoms with Crippen molar-refractivity contribution < 1.29 is 22.7 Å². The normalized spacial score (nSPS) is 14.4. The number of benzene rings is 2. The molecule has 0 spiro atoms. The summed E-state index contributed by atoms with van der Waals surface area (Å²) in [6, 6.07) is 11.3. The molecule has 0 atom stereocenters. The average molecular weight is 376 g/mol. The van der Waals surface area contributed by atoms with E-state index in [9.17, 15) is 13.2 Å². The van der Waals surface area contributed by atoms with Gasteiger partial charge in [0.2, 0.25) is 5.91 Å². The molecule has 0 bridgehead atoms. The highest BCUT2D eigenvalue weighted by Crippen LogP contribution is 2.32. The van der Waals surface area contributed by atoms with Gasteiger partial charge in [-0.2, -0.15) is 0 Å². The van der Waals surface area contributed by atoms with Gasteiger partial charge in [0, 0.05) is 24.7 Å². The third-order valence-corrected chi connectivity index (χ3v) is 5.55. The summed E-state index contributed by atoms with van der Waals surface area (Å²) in [4.78, 5) is 13.5. The van der Waals surface area contributed by atoms with E-state index in [0.29, 0.717) is 30.1 Å². The maximum Gasteiger partial charge on any atom is 0.265 e. The quantitative estimate of drug-likeness (QED) is 0.838. The molecule has 1 aliphatic heterocycles. The number of amides is 1. The molecule has 2 aromatic carbocycles. The molecule has 1 saturated heterocycles. The highest BCUT2D eigenvalue weighted by molar-refractivity contribution is 7.92. The van der Waals surface area contributed by atoms with Crippen molar-refractivity contribution in [2.75, 3.05) is 30.4 Å². The molecule has 138 valence electrons. The van der Waals surface area contributed by atoms with Crippen molar-refractivity contribution in [3.05, 3.63) is 42.5 Å². The Balaban J connectivity index is 1.98. The number of hydrogen-bond acceptors (Lipinski definition) is 5. The minimum atomic E-state index is -3.92. The molecule has 0 unspecified atom stereocenters. The highest BCUT2D eigenvalue weighted by Gasteiger charge is 2.26. The number of carbonyl (C=O) groups excluding carboxylic acids is 1.